The van der Waals surface area contributed by atoms with Crippen molar-refractivity contribution >= 4 is 17.8 Å². The van der Waals surface area contributed by atoms with Gasteiger partial charge in [-0.15, -0.1) is 0 Å². The van der Waals surface area contributed by atoms with Crippen LogP contribution in [0.15, 0.2) is 24.4 Å². The molecule has 7 nitrogen and oxygen atoms in total. The number of rotatable bonds is 6. The second kappa shape index (κ2) is 7.88. The van der Waals surface area contributed by atoms with Crippen LogP contribution in [-0.4, -0.2) is 42.0 Å². The van der Waals surface area contributed by atoms with Crippen LogP contribution in [0.3, 0.4) is 0 Å². The molecule has 0 bridgehead atoms. The number of nitrogens with zero attached hydrogens (tertiary/aromatic N) is 1. The minimum absolute atomic E-state index is 0.221. The van der Waals surface area contributed by atoms with Crippen molar-refractivity contribution in [3.63, 3.8) is 0 Å². The van der Waals surface area contributed by atoms with E-state index in [0.717, 1.165) is 0 Å². The lowest BCUT2D eigenvalue weighted by molar-refractivity contribution is -0.146. The van der Waals surface area contributed by atoms with Crippen molar-refractivity contribution < 1.29 is 19.1 Å². The molecule has 0 aliphatic heterocycles. The van der Waals surface area contributed by atoms with Crippen LogP contribution in [0.1, 0.15) is 24.3 Å². The summed E-state index contributed by atoms with van der Waals surface area (Å²) in [6.07, 6.45) is 1.48. The zero-order valence-electron chi connectivity index (χ0n) is 11.4. The molecule has 7 heteroatoms. The fourth-order valence-electron chi connectivity index (χ4n) is 1.37. The van der Waals surface area contributed by atoms with Crippen LogP contribution in [0.5, 0.6) is 0 Å². The van der Waals surface area contributed by atoms with E-state index in [9.17, 15) is 14.4 Å². The molecule has 1 rings (SSSR count). The quantitative estimate of drug-likeness (QED) is 0.707. The van der Waals surface area contributed by atoms with E-state index in [1.165, 1.54) is 19.2 Å². The zero-order valence-corrected chi connectivity index (χ0v) is 11.4. The van der Waals surface area contributed by atoms with Crippen molar-refractivity contribution in [2.45, 2.75) is 19.9 Å². The maximum absolute atomic E-state index is 11.6. The minimum Gasteiger partial charge on any atom is -0.464 e. The van der Waals surface area contributed by atoms with E-state index in [-0.39, 0.29) is 18.8 Å². The molecule has 2 N–H and O–H groups in total. The van der Waals surface area contributed by atoms with E-state index in [0.29, 0.717) is 0 Å². The number of hydrogen-bond acceptors (Lipinski definition) is 5. The minimum atomic E-state index is -0.755. The molecule has 0 saturated carbocycles. The standard InChI is InChI=1S/C13H17N3O4/c1-3-20-13(19)9(2)16-11(17)8-15-12(18)10-6-4-5-7-14-10/h4-7,9H,3,8H2,1-2H3,(H,15,18)(H,16,17)/t9-/m0/s1. The van der Waals surface area contributed by atoms with Crippen molar-refractivity contribution in [1.29, 1.82) is 0 Å². The third kappa shape index (κ3) is 5.05. The molecule has 0 saturated heterocycles. The molecule has 108 valence electrons. The maximum Gasteiger partial charge on any atom is 0.328 e. The Balaban J connectivity index is 2.37. The predicted molar refractivity (Wildman–Crippen MR) is 70.8 cm³/mol. The number of carbonyl (C=O) groups excluding carboxylic acids is 3. The molecule has 1 atom stereocenters. The first-order valence-corrected chi connectivity index (χ1v) is 6.19. The molecule has 0 radical (unpaired) electrons. The number of nitrogens with one attached hydrogen (secondary N) is 2. The summed E-state index contributed by atoms with van der Waals surface area (Å²) in [5, 5.41) is 4.83. The van der Waals surface area contributed by atoms with Gasteiger partial charge in [-0.05, 0) is 26.0 Å². The predicted octanol–water partition coefficient (Wildman–Crippen LogP) is -0.121. The Hall–Kier alpha value is -2.44. The van der Waals surface area contributed by atoms with Crippen molar-refractivity contribution in [3.05, 3.63) is 30.1 Å². The molecule has 1 heterocycles. The molecule has 0 aromatic carbocycles. The van der Waals surface area contributed by atoms with Crippen LogP contribution in [0.4, 0.5) is 0 Å². The first-order chi connectivity index (χ1) is 9.54. The van der Waals surface area contributed by atoms with Crippen molar-refractivity contribution in [2.75, 3.05) is 13.2 Å². The highest BCUT2D eigenvalue weighted by Gasteiger charge is 2.17. The molecule has 0 aliphatic carbocycles. The summed E-state index contributed by atoms with van der Waals surface area (Å²) >= 11 is 0. The van der Waals surface area contributed by atoms with E-state index >= 15 is 0 Å². The van der Waals surface area contributed by atoms with Crippen LogP contribution in [-0.2, 0) is 14.3 Å². The first kappa shape index (κ1) is 15.6. The molecule has 0 fully saturated rings. The fourth-order valence-corrected chi connectivity index (χ4v) is 1.37. The Morgan fingerprint density at radius 3 is 2.70 bits per heavy atom. The second-order valence-corrected chi connectivity index (χ2v) is 3.94. The Kier molecular flexibility index (Phi) is 6.15. The lowest BCUT2D eigenvalue weighted by Gasteiger charge is -2.12. The van der Waals surface area contributed by atoms with Gasteiger partial charge in [0.2, 0.25) is 5.91 Å². The largest absolute Gasteiger partial charge is 0.464 e. The SMILES string of the molecule is CCOC(=O)[C@H](C)NC(=O)CNC(=O)c1ccccn1. The highest BCUT2D eigenvalue weighted by Crippen LogP contribution is 1.92. The molecule has 0 unspecified atom stereocenters. The molecule has 20 heavy (non-hydrogen) atoms. The van der Waals surface area contributed by atoms with Crippen molar-refractivity contribution in [1.82, 2.24) is 15.6 Å². The van der Waals surface area contributed by atoms with Gasteiger partial charge in [0.1, 0.15) is 11.7 Å². The molecular formula is C13H17N3O4. The average molecular weight is 279 g/mol. The van der Waals surface area contributed by atoms with E-state index in [1.54, 1.807) is 19.1 Å². The highest BCUT2D eigenvalue weighted by molar-refractivity contribution is 5.95. The van der Waals surface area contributed by atoms with Crippen molar-refractivity contribution in [2.24, 2.45) is 0 Å². The highest BCUT2D eigenvalue weighted by atomic mass is 16.5. The van der Waals surface area contributed by atoms with E-state index in [1.807, 2.05) is 0 Å². The van der Waals surface area contributed by atoms with Gasteiger partial charge in [0.05, 0.1) is 13.2 Å². The van der Waals surface area contributed by atoms with Gasteiger partial charge in [0.25, 0.3) is 5.91 Å². The fraction of sp³-hybridized carbons (Fsp3) is 0.385. The Bertz CT molecular complexity index is 476. The lowest BCUT2D eigenvalue weighted by atomic mass is 10.3. The molecular weight excluding hydrogens is 262 g/mol. The van der Waals surface area contributed by atoms with Crippen LogP contribution in [0, 0.1) is 0 Å². The van der Waals surface area contributed by atoms with Crippen LogP contribution >= 0.6 is 0 Å². The van der Waals surface area contributed by atoms with E-state index in [4.69, 9.17) is 4.74 Å². The van der Waals surface area contributed by atoms with Crippen molar-refractivity contribution in [3.8, 4) is 0 Å². The molecule has 1 aromatic rings. The topological polar surface area (TPSA) is 97.4 Å². The van der Waals surface area contributed by atoms with Gasteiger partial charge in [0, 0.05) is 6.20 Å². The first-order valence-electron chi connectivity index (χ1n) is 6.19. The second-order valence-electron chi connectivity index (χ2n) is 3.94. The third-order valence-electron chi connectivity index (χ3n) is 2.32. The van der Waals surface area contributed by atoms with Gasteiger partial charge in [-0.25, -0.2) is 4.79 Å². The average Bonchev–Trinajstić information content (AvgIpc) is 2.45. The van der Waals surface area contributed by atoms with Crippen LogP contribution in [0.25, 0.3) is 0 Å². The Morgan fingerprint density at radius 1 is 1.35 bits per heavy atom. The van der Waals surface area contributed by atoms with Crippen LogP contribution < -0.4 is 10.6 Å². The summed E-state index contributed by atoms with van der Waals surface area (Å²) in [6, 6.07) is 4.14. The van der Waals surface area contributed by atoms with Crippen LogP contribution in [0.2, 0.25) is 0 Å². The number of ether oxygens (including phenoxy) is 1. The van der Waals surface area contributed by atoms with Gasteiger partial charge < -0.3 is 15.4 Å². The Morgan fingerprint density at radius 2 is 2.10 bits per heavy atom. The lowest BCUT2D eigenvalue weighted by Crippen LogP contribution is -2.44. The van der Waals surface area contributed by atoms with Gasteiger partial charge in [0.15, 0.2) is 0 Å². The zero-order chi connectivity index (χ0) is 15.0. The van der Waals surface area contributed by atoms with Gasteiger partial charge >= 0.3 is 5.97 Å². The summed E-state index contributed by atoms with van der Waals surface area (Å²) in [5.41, 5.74) is 0.221. The summed E-state index contributed by atoms with van der Waals surface area (Å²) in [4.78, 5) is 38.3. The molecule has 0 spiro atoms. The molecule has 0 aliphatic rings. The van der Waals surface area contributed by atoms with E-state index < -0.39 is 23.8 Å². The van der Waals surface area contributed by atoms with Gasteiger partial charge in [-0.1, -0.05) is 6.07 Å². The molecule has 2 amide bonds. The number of pyridine rings is 1. The Labute approximate surface area is 116 Å². The summed E-state index contributed by atoms with van der Waals surface area (Å²) in [5.74, 6) is -1.45. The van der Waals surface area contributed by atoms with Gasteiger partial charge in [-0.2, -0.15) is 0 Å². The van der Waals surface area contributed by atoms with Gasteiger partial charge in [-0.3, -0.25) is 14.6 Å². The summed E-state index contributed by atoms with van der Waals surface area (Å²) in [6.45, 7) is 3.20. The normalized spacial score (nSPS) is 11.3. The summed E-state index contributed by atoms with van der Waals surface area (Å²) < 4.78 is 4.75. The number of amides is 2. The molecule has 1 aromatic heterocycles. The number of hydrogen-bond donors (Lipinski definition) is 2. The van der Waals surface area contributed by atoms with E-state index in [2.05, 4.69) is 15.6 Å². The number of aromatic nitrogens is 1. The number of carbonyl (C=O) groups is 3. The monoisotopic (exact) mass is 279 g/mol. The number of esters is 1. The smallest absolute Gasteiger partial charge is 0.328 e. The summed E-state index contributed by atoms with van der Waals surface area (Å²) in [7, 11) is 0. The maximum atomic E-state index is 11.6. The third-order valence-corrected chi connectivity index (χ3v) is 2.32.